The fraction of sp³-hybridized carbons (Fsp3) is 0.0500. The third-order valence-corrected chi connectivity index (χ3v) is 4.53. The van der Waals surface area contributed by atoms with Gasteiger partial charge in [-0.2, -0.15) is 9.37 Å². The van der Waals surface area contributed by atoms with Gasteiger partial charge >= 0.3 is 5.69 Å². The molecule has 0 saturated carbocycles. The smallest absolute Gasteiger partial charge is 0.307 e. The molecule has 9 nitrogen and oxygen atoms in total. The lowest BCUT2D eigenvalue weighted by molar-refractivity contribution is -0.387. The molecule has 0 aliphatic rings. The molecule has 2 aromatic carbocycles. The standard InChI is InChI=1S/C20H13F2N5O4/c1-31-18-7-14(22)17(27(29)30)8-15(18)24-20-23-5-4-19(25-20)26-9-11(10-28)13-3-2-12(21)6-16(13)26/h2-10H,1H3,(H,23,24,25). The topological polar surface area (TPSA) is 112 Å². The van der Waals surface area contributed by atoms with Crippen molar-refractivity contribution >= 4 is 34.5 Å². The van der Waals surface area contributed by atoms with E-state index in [4.69, 9.17) is 4.74 Å². The summed E-state index contributed by atoms with van der Waals surface area (Å²) >= 11 is 0. The Morgan fingerprint density at radius 3 is 2.74 bits per heavy atom. The second-order valence-electron chi connectivity index (χ2n) is 6.36. The number of hydrogen-bond acceptors (Lipinski definition) is 7. The fourth-order valence-electron chi connectivity index (χ4n) is 3.12. The van der Waals surface area contributed by atoms with E-state index >= 15 is 0 Å². The van der Waals surface area contributed by atoms with Crippen molar-refractivity contribution in [3.63, 3.8) is 0 Å². The van der Waals surface area contributed by atoms with Crippen molar-refractivity contribution < 1.29 is 23.2 Å². The van der Waals surface area contributed by atoms with Gasteiger partial charge in [0, 0.05) is 35.5 Å². The average Bonchev–Trinajstić information content (AvgIpc) is 3.12. The molecular formula is C20H13F2N5O4. The summed E-state index contributed by atoms with van der Waals surface area (Å²) in [5.41, 5.74) is 0.0902. The largest absolute Gasteiger partial charge is 0.494 e. The Labute approximate surface area is 173 Å². The molecule has 0 unspecified atom stereocenters. The lowest BCUT2D eigenvalue weighted by atomic mass is 10.2. The maximum atomic E-state index is 13.9. The number of benzene rings is 2. The van der Waals surface area contributed by atoms with Crippen molar-refractivity contribution in [1.29, 1.82) is 0 Å². The predicted molar refractivity (Wildman–Crippen MR) is 107 cm³/mol. The number of halogens is 2. The molecule has 1 N–H and O–H groups in total. The van der Waals surface area contributed by atoms with E-state index in [-0.39, 0.29) is 17.4 Å². The van der Waals surface area contributed by atoms with Crippen molar-refractivity contribution in [1.82, 2.24) is 14.5 Å². The van der Waals surface area contributed by atoms with E-state index in [9.17, 15) is 23.7 Å². The second kappa shape index (κ2) is 7.78. The molecule has 0 atom stereocenters. The van der Waals surface area contributed by atoms with Crippen LogP contribution in [-0.2, 0) is 0 Å². The van der Waals surface area contributed by atoms with Crippen molar-refractivity contribution in [3.05, 3.63) is 76.1 Å². The third-order valence-electron chi connectivity index (χ3n) is 4.53. The lowest BCUT2D eigenvalue weighted by Crippen LogP contribution is -2.04. The highest BCUT2D eigenvalue weighted by Gasteiger charge is 2.20. The summed E-state index contributed by atoms with van der Waals surface area (Å²) in [6.07, 6.45) is 3.56. The third kappa shape index (κ3) is 3.64. The number of hydrogen-bond donors (Lipinski definition) is 1. The van der Waals surface area contributed by atoms with Gasteiger partial charge in [0.1, 0.15) is 17.4 Å². The number of methoxy groups -OCH3 is 1. The zero-order valence-electron chi connectivity index (χ0n) is 15.9. The van der Waals surface area contributed by atoms with Crippen LogP contribution in [0, 0.1) is 21.7 Å². The molecule has 11 heteroatoms. The summed E-state index contributed by atoms with van der Waals surface area (Å²) in [5.74, 6) is -1.21. The van der Waals surface area contributed by atoms with Crippen LogP contribution in [0.4, 0.5) is 26.1 Å². The zero-order chi connectivity index (χ0) is 22.1. The number of carbonyl (C=O) groups is 1. The highest BCUT2D eigenvalue weighted by molar-refractivity contribution is 5.98. The summed E-state index contributed by atoms with van der Waals surface area (Å²) in [7, 11) is 1.28. The number of anilines is 2. The number of aldehydes is 1. The quantitative estimate of drug-likeness (QED) is 0.280. The molecule has 0 radical (unpaired) electrons. The summed E-state index contributed by atoms with van der Waals surface area (Å²) < 4.78 is 34.2. The maximum Gasteiger partial charge on any atom is 0.307 e. The molecule has 0 amide bonds. The molecule has 156 valence electrons. The first-order valence-electron chi connectivity index (χ1n) is 8.79. The van der Waals surface area contributed by atoms with Crippen LogP contribution in [0.25, 0.3) is 16.7 Å². The first kappa shape index (κ1) is 19.9. The highest BCUT2D eigenvalue weighted by Crippen LogP contribution is 2.33. The number of nitrogens with zero attached hydrogens (tertiary/aromatic N) is 4. The van der Waals surface area contributed by atoms with E-state index < -0.39 is 22.2 Å². The van der Waals surface area contributed by atoms with E-state index in [1.165, 1.54) is 48.3 Å². The van der Waals surface area contributed by atoms with Crippen LogP contribution in [0.3, 0.4) is 0 Å². The van der Waals surface area contributed by atoms with Gasteiger partial charge in [0.05, 0.1) is 23.2 Å². The van der Waals surface area contributed by atoms with Crippen LogP contribution in [-0.4, -0.2) is 32.9 Å². The first-order valence-corrected chi connectivity index (χ1v) is 8.79. The van der Waals surface area contributed by atoms with Gasteiger partial charge in [-0.1, -0.05) is 0 Å². The van der Waals surface area contributed by atoms with Crippen molar-refractivity contribution in [2.75, 3.05) is 12.4 Å². The molecular weight excluding hydrogens is 412 g/mol. The Morgan fingerprint density at radius 1 is 1.23 bits per heavy atom. The Morgan fingerprint density at radius 2 is 2.03 bits per heavy atom. The second-order valence-corrected chi connectivity index (χ2v) is 6.36. The van der Waals surface area contributed by atoms with Crippen molar-refractivity contribution in [3.8, 4) is 11.6 Å². The Bertz CT molecular complexity index is 1340. The molecule has 0 fully saturated rings. The fourth-order valence-corrected chi connectivity index (χ4v) is 3.12. The molecule has 2 heterocycles. The van der Waals surface area contributed by atoms with Crippen LogP contribution in [0.2, 0.25) is 0 Å². The number of ether oxygens (including phenoxy) is 1. The summed E-state index contributed by atoms with van der Waals surface area (Å²) in [5, 5.41) is 14.4. The first-order chi connectivity index (χ1) is 14.9. The van der Waals surface area contributed by atoms with Gasteiger partial charge < -0.3 is 14.6 Å². The SMILES string of the molecule is COc1cc(F)c([N+](=O)[O-])cc1Nc1nccc(-n2cc(C=O)c3ccc(F)cc32)n1. The van der Waals surface area contributed by atoms with Gasteiger partial charge in [-0.05, 0) is 24.3 Å². The summed E-state index contributed by atoms with van der Waals surface area (Å²) in [4.78, 5) is 30.0. The molecule has 0 spiro atoms. The van der Waals surface area contributed by atoms with E-state index in [2.05, 4.69) is 15.3 Å². The van der Waals surface area contributed by atoms with Crippen LogP contribution in [0.5, 0.6) is 5.75 Å². The molecule has 4 aromatic rings. The van der Waals surface area contributed by atoms with Crippen LogP contribution in [0.15, 0.2) is 48.8 Å². The lowest BCUT2D eigenvalue weighted by Gasteiger charge is -2.11. The molecule has 0 saturated heterocycles. The van der Waals surface area contributed by atoms with E-state index in [1.54, 1.807) is 0 Å². The molecule has 4 rings (SSSR count). The number of nitro groups is 1. The van der Waals surface area contributed by atoms with Gasteiger partial charge in [-0.3, -0.25) is 14.9 Å². The molecule has 0 aliphatic carbocycles. The van der Waals surface area contributed by atoms with Crippen molar-refractivity contribution in [2.24, 2.45) is 0 Å². The molecule has 0 aliphatic heterocycles. The average molecular weight is 425 g/mol. The zero-order valence-corrected chi connectivity index (χ0v) is 15.9. The minimum atomic E-state index is -1.05. The Balaban J connectivity index is 1.78. The summed E-state index contributed by atoms with van der Waals surface area (Å²) in [6, 6.07) is 7.39. The highest BCUT2D eigenvalue weighted by atomic mass is 19.1. The summed E-state index contributed by atoms with van der Waals surface area (Å²) in [6.45, 7) is 0. The predicted octanol–water partition coefficient (Wildman–Crippen LogP) is 4.17. The van der Waals surface area contributed by atoms with E-state index in [0.29, 0.717) is 28.6 Å². The maximum absolute atomic E-state index is 13.9. The Hall–Kier alpha value is -4.41. The Kier molecular flexibility index (Phi) is 4.99. The number of nitro benzene ring substituents is 1. The van der Waals surface area contributed by atoms with Crippen LogP contribution >= 0.6 is 0 Å². The van der Waals surface area contributed by atoms with Crippen LogP contribution < -0.4 is 10.1 Å². The minimum Gasteiger partial charge on any atom is -0.494 e. The van der Waals surface area contributed by atoms with Gasteiger partial charge in [0.25, 0.3) is 0 Å². The number of nitrogens with one attached hydrogen (secondary N) is 1. The van der Waals surface area contributed by atoms with Gasteiger partial charge in [0.2, 0.25) is 11.8 Å². The van der Waals surface area contributed by atoms with E-state index in [1.807, 2.05) is 0 Å². The molecule has 0 bridgehead atoms. The molecule has 31 heavy (non-hydrogen) atoms. The number of carbonyl (C=O) groups excluding carboxylic acids is 1. The van der Waals surface area contributed by atoms with E-state index in [0.717, 1.165) is 12.1 Å². The van der Waals surface area contributed by atoms with Crippen LogP contribution in [0.1, 0.15) is 10.4 Å². The number of fused-ring (bicyclic) bond motifs is 1. The normalized spacial score (nSPS) is 10.8. The van der Waals surface area contributed by atoms with Crippen molar-refractivity contribution in [2.45, 2.75) is 0 Å². The monoisotopic (exact) mass is 425 g/mol. The molecule has 2 aromatic heterocycles. The minimum absolute atomic E-state index is 0.00818. The van der Waals surface area contributed by atoms with Gasteiger partial charge in [0.15, 0.2) is 6.29 Å². The van der Waals surface area contributed by atoms with Gasteiger partial charge in [-0.25, -0.2) is 9.37 Å². The van der Waals surface area contributed by atoms with Gasteiger partial charge in [-0.15, -0.1) is 0 Å². The number of aromatic nitrogens is 3. The number of rotatable bonds is 6.